The Bertz CT molecular complexity index is 1430. The minimum Gasteiger partial charge on any atom is -0.496 e. The molecule has 1 aliphatic heterocycles. The molecule has 0 spiro atoms. The summed E-state index contributed by atoms with van der Waals surface area (Å²) in [5.74, 6) is 0.611. The molecule has 34 heavy (non-hydrogen) atoms. The molecule has 1 atom stereocenters. The molecule has 3 aromatic carbocycles. The van der Waals surface area contributed by atoms with Crippen LogP contribution in [0.25, 0.3) is 22.0 Å². The molecule has 2 heterocycles. The van der Waals surface area contributed by atoms with Crippen molar-refractivity contribution in [2.75, 3.05) is 7.11 Å². The molecular weight excluding hydrogens is 446 g/mol. The van der Waals surface area contributed by atoms with E-state index in [4.69, 9.17) is 26.4 Å². The van der Waals surface area contributed by atoms with Gasteiger partial charge in [0.1, 0.15) is 5.75 Å². The maximum Gasteiger partial charge on any atom is 0.240 e. The predicted octanol–water partition coefficient (Wildman–Crippen LogP) is 6.57. The van der Waals surface area contributed by atoms with Crippen molar-refractivity contribution in [1.82, 2.24) is 9.99 Å². The third-order valence-electron chi connectivity index (χ3n) is 6.21. The fraction of sp³-hybridized carbons (Fsp3) is 0.179. The largest absolute Gasteiger partial charge is 0.496 e. The summed E-state index contributed by atoms with van der Waals surface area (Å²) in [7, 11) is 1.64. The predicted molar refractivity (Wildman–Crippen MR) is 136 cm³/mol. The molecule has 1 amide bonds. The van der Waals surface area contributed by atoms with Crippen LogP contribution >= 0.6 is 11.6 Å². The number of carbonyl (C=O) groups is 1. The van der Waals surface area contributed by atoms with Gasteiger partial charge < -0.3 is 4.74 Å². The maximum atomic E-state index is 12.6. The molecule has 6 heteroatoms. The molecular formula is C28H24ClN3O2. The molecule has 0 N–H and O–H groups in total. The van der Waals surface area contributed by atoms with E-state index in [1.54, 1.807) is 12.1 Å². The highest BCUT2D eigenvalue weighted by molar-refractivity contribution is 6.31. The number of rotatable bonds is 4. The SMILES string of the molecule is COc1ccccc1[C@@H]1CC(c2c(C)nc3ccc(Cl)cc3c2-c2ccccc2)=NN1C(C)=O. The zero-order chi connectivity index (χ0) is 23.8. The van der Waals surface area contributed by atoms with E-state index in [-0.39, 0.29) is 11.9 Å². The quantitative estimate of drug-likeness (QED) is 0.339. The van der Waals surface area contributed by atoms with Crippen LogP contribution in [0.1, 0.15) is 36.2 Å². The van der Waals surface area contributed by atoms with Crippen LogP contribution in [0.4, 0.5) is 0 Å². The van der Waals surface area contributed by atoms with E-state index in [1.165, 1.54) is 6.92 Å². The van der Waals surface area contributed by atoms with Crippen LogP contribution in [-0.4, -0.2) is 28.7 Å². The number of nitrogens with zero attached hydrogens (tertiary/aromatic N) is 3. The number of halogens is 1. The average Bonchev–Trinajstić information content (AvgIpc) is 3.29. The highest BCUT2D eigenvalue weighted by Gasteiger charge is 2.35. The summed E-state index contributed by atoms with van der Waals surface area (Å²) in [4.78, 5) is 17.5. The number of hydrogen-bond acceptors (Lipinski definition) is 4. The number of aromatic nitrogens is 1. The molecule has 170 valence electrons. The van der Waals surface area contributed by atoms with Gasteiger partial charge in [0.05, 0.1) is 24.4 Å². The van der Waals surface area contributed by atoms with E-state index < -0.39 is 0 Å². The minimum atomic E-state index is -0.262. The average molecular weight is 470 g/mol. The van der Waals surface area contributed by atoms with E-state index >= 15 is 0 Å². The van der Waals surface area contributed by atoms with Gasteiger partial charge in [0.15, 0.2) is 0 Å². The number of carbonyl (C=O) groups excluding carboxylic acids is 1. The number of ether oxygens (including phenoxy) is 1. The number of benzene rings is 3. The normalized spacial score (nSPS) is 15.5. The van der Waals surface area contributed by atoms with Gasteiger partial charge >= 0.3 is 0 Å². The van der Waals surface area contributed by atoms with Crippen molar-refractivity contribution in [1.29, 1.82) is 0 Å². The van der Waals surface area contributed by atoms with Crippen LogP contribution in [0.15, 0.2) is 77.9 Å². The minimum absolute atomic E-state index is 0.124. The number of amides is 1. The van der Waals surface area contributed by atoms with Crippen molar-refractivity contribution in [3.8, 4) is 16.9 Å². The van der Waals surface area contributed by atoms with Crippen molar-refractivity contribution in [3.63, 3.8) is 0 Å². The number of aryl methyl sites for hydroxylation is 1. The molecule has 0 saturated carbocycles. The second kappa shape index (κ2) is 8.92. The molecule has 1 aliphatic rings. The highest BCUT2D eigenvalue weighted by atomic mass is 35.5. The molecule has 5 rings (SSSR count). The Morgan fingerprint density at radius 2 is 1.76 bits per heavy atom. The lowest BCUT2D eigenvalue weighted by Crippen LogP contribution is -2.24. The van der Waals surface area contributed by atoms with Gasteiger partial charge in [-0.05, 0) is 36.8 Å². The van der Waals surface area contributed by atoms with E-state index in [9.17, 15) is 4.79 Å². The molecule has 1 aromatic heterocycles. The number of para-hydroxylation sites is 1. The van der Waals surface area contributed by atoms with Gasteiger partial charge in [0.25, 0.3) is 0 Å². The first-order valence-electron chi connectivity index (χ1n) is 11.1. The van der Waals surface area contributed by atoms with Crippen molar-refractivity contribution >= 4 is 34.1 Å². The first-order chi connectivity index (χ1) is 16.5. The molecule has 5 nitrogen and oxygen atoms in total. The molecule has 0 radical (unpaired) electrons. The summed E-state index contributed by atoms with van der Waals surface area (Å²) in [6, 6.07) is 23.4. The molecule has 0 fully saturated rings. The van der Waals surface area contributed by atoms with E-state index in [2.05, 4.69) is 12.1 Å². The Kier molecular flexibility index (Phi) is 5.80. The lowest BCUT2D eigenvalue weighted by molar-refractivity contribution is -0.130. The Labute approximate surface area is 203 Å². The van der Waals surface area contributed by atoms with Gasteiger partial charge in [-0.2, -0.15) is 5.10 Å². The van der Waals surface area contributed by atoms with Crippen LogP contribution in [0.2, 0.25) is 5.02 Å². The van der Waals surface area contributed by atoms with Gasteiger partial charge in [0, 0.05) is 46.1 Å². The fourth-order valence-electron chi connectivity index (χ4n) is 4.75. The summed E-state index contributed by atoms with van der Waals surface area (Å²) < 4.78 is 5.60. The number of hydrazone groups is 1. The lowest BCUT2D eigenvalue weighted by atomic mass is 9.89. The molecule has 0 bridgehead atoms. The first kappa shape index (κ1) is 22.1. The van der Waals surface area contributed by atoms with Crippen molar-refractivity contribution in [2.24, 2.45) is 5.10 Å². The Morgan fingerprint density at radius 3 is 2.50 bits per heavy atom. The van der Waals surface area contributed by atoms with Crippen LogP contribution in [0.5, 0.6) is 5.75 Å². The number of hydrogen-bond donors (Lipinski definition) is 0. The summed E-state index contributed by atoms with van der Waals surface area (Å²) in [5, 5.41) is 8.00. The molecule has 0 saturated heterocycles. The standard InChI is InChI=1S/C28H24ClN3O2/c1-17-27(24-16-25(32(31-24)18(2)33)21-11-7-8-12-26(21)34-3)28(19-9-5-4-6-10-19)22-15-20(29)13-14-23(22)30-17/h4-15,25H,16H2,1-3H3/t25-/m0/s1. The zero-order valence-corrected chi connectivity index (χ0v) is 20.0. The van der Waals surface area contributed by atoms with Crippen LogP contribution in [0.3, 0.4) is 0 Å². The fourth-order valence-corrected chi connectivity index (χ4v) is 4.92. The van der Waals surface area contributed by atoms with E-state index in [1.807, 2.05) is 67.6 Å². The molecule has 4 aromatic rings. The summed E-state index contributed by atoms with van der Waals surface area (Å²) in [6.07, 6.45) is 0.550. The summed E-state index contributed by atoms with van der Waals surface area (Å²) >= 11 is 6.41. The monoisotopic (exact) mass is 469 g/mol. The summed E-state index contributed by atoms with van der Waals surface area (Å²) in [5.41, 5.74) is 6.47. The third-order valence-corrected chi connectivity index (χ3v) is 6.44. The summed E-state index contributed by atoms with van der Waals surface area (Å²) in [6.45, 7) is 3.53. The first-order valence-corrected chi connectivity index (χ1v) is 11.5. The van der Waals surface area contributed by atoms with Gasteiger partial charge in [-0.25, -0.2) is 5.01 Å². The number of methoxy groups -OCH3 is 1. The second-order valence-corrected chi connectivity index (χ2v) is 8.78. The zero-order valence-electron chi connectivity index (χ0n) is 19.2. The topological polar surface area (TPSA) is 54.8 Å². The van der Waals surface area contributed by atoms with Crippen molar-refractivity contribution < 1.29 is 9.53 Å². The van der Waals surface area contributed by atoms with Crippen LogP contribution < -0.4 is 4.74 Å². The van der Waals surface area contributed by atoms with Gasteiger partial charge in [-0.3, -0.25) is 9.78 Å². The Morgan fingerprint density at radius 1 is 1.03 bits per heavy atom. The number of pyridine rings is 1. The molecule has 0 unspecified atom stereocenters. The highest BCUT2D eigenvalue weighted by Crippen LogP contribution is 2.41. The second-order valence-electron chi connectivity index (χ2n) is 8.35. The van der Waals surface area contributed by atoms with E-state index in [0.717, 1.165) is 50.3 Å². The third kappa shape index (κ3) is 3.82. The van der Waals surface area contributed by atoms with Gasteiger partial charge in [0.2, 0.25) is 5.91 Å². The van der Waals surface area contributed by atoms with Crippen molar-refractivity contribution in [3.05, 3.63) is 94.6 Å². The molecule has 0 aliphatic carbocycles. The van der Waals surface area contributed by atoms with Crippen LogP contribution in [0, 0.1) is 6.92 Å². The van der Waals surface area contributed by atoms with Crippen molar-refractivity contribution in [2.45, 2.75) is 26.3 Å². The lowest BCUT2D eigenvalue weighted by Gasteiger charge is -2.22. The van der Waals surface area contributed by atoms with Crippen LogP contribution in [-0.2, 0) is 4.79 Å². The smallest absolute Gasteiger partial charge is 0.240 e. The van der Waals surface area contributed by atoms with Gasteiger partial charge in [-0.15, -0.1) is 0 Å². The van der Waals surface area contributed by atoms with Gasteiger partial charge in [-0.1, -0.05) is 60.1 Å². The maximum absolute atomic E-state index is 12.6. The van der Waals surface area contributed by atoms with E-state index in [0.29, 0.717) is 11.4 Å². The Balaban J connectivity index is 1.74. The number of fused-ring (bicyclic) bond motifs is 1. The Hall–Kier alpha value is -3.70.